The van der Waals surface area contributed by atoms with Crippen LogP contribution < -0.4 is 16.1 Å². The van der Waals surface area contributed by atoms with E-state index in [0.717, 1.165) is 25.9 Å². The summed E-state index contributed by atoms with van der Waals surface area (Å²) < 4.78 is 3.08. The number of hydrogen-bond donors (Lipinski definition) is 2. The summed E-state index contributed by atoms with van der Waals surface area (Å²) in [5.41, 5.74) is -0.241. The summed E-state index contributed by atoms with van der Waals surface area (Å²) in [6, 6.07) is 0. The van der Waals surface area contributed by atoms with Crippen LogP contribution in [0.25, 0.3) is 11.2 Å². The number of aromatic amines is 1. The van der Waals surface area contributed by atoms with Crippen molar-refractivity contribution in [1.82, 2.24) is 19.1 Å². The van der Waals surface area contributed by atoms with Crippen molar-refractivity contribution in [2.24, 2.45) is 7.05 Å². The van der Waals surface area contributed by atoms with Crippen molar-refractivity contribution in [1.29, 1.82) is 0 Å². The average molecular weight is 321 g/mol. The first kappa shape index (κ1) is 15.8. The van der Waals surface area contributed by atoms with Gasteiger partial charge in [0.2, 0.25) is 5.95 Å². The third-order valence-corrected chi connectivity index (χ3v) is 4.32. The van der Waals surface area contributed by atoms with Gasteiger partial charge in [0.15, 0.2) is 11.2 Å². The molecule has 0 amide bonds. The van der Waals surface area contributed by atoms with E-state index in [1.807, 2.05) is 0 Å². The lowest BCUT2D eigenvalue weighted by molar-refractivity contribution is 0.175. The molecule has 0 saturated carbocycles. The topological polar surface area (TPSA) is 96.2 Å². The van der Waals surface area contributed by atoms with Crippen LogP contribution in [0.1, 0.15) is 32.6 Å². The van der Waals surface area contributed by atoms with Crippen LogP contribution in [0.2, 0.25) is 0 Å². The molecule has 3 rings (SSSR count). The average Bonchev–Trinajstić information content (AvgIpc) is 2.69. The van der Waals surface area contributed by atoms with Crippen molar-refractivity contribution in [2.45, 2.75) is 45.3 Å². The molecule has 1 fully saturated rings. The van der Waals surface area contributed by atoms with E-state index in [9.17, 15) is 14.7 Å². The molecule has 0 spiro atoms. The van der Waals surface area contributed by atoms with Gasteiger partial charge in [0.05, 0.1) is 12.6 Å². The molecule has 2 aromatic heterocycles. The SMILES string of the molecule is C[C@H](O)Cn1c(N2CCCCCC2)nc2c1c(=O)[nH]c(=O)n2C. The predicted molar refractivity (Wildman–Crippen MR) is 88.0 cm³/mol. The molecule has 2 N–H and O–H groups in total. The molecule has 0 aromatic carbocycles. The fourth-order valence-corrected chi connectivity index (χ4v) is 3.17. The molecule has 1 atom stereocenters. The lowest BCUT2D eigenvalue weighted by Gasteiger charge is -2.23. The Hall–Kier alpha value is -2.09. The molecular formula is C15H23N5O3. The summed E-state index contributed by atoms with van der Waals surface area (Å²) in [5, 5.41) is 9.83. The zero-order valence-corrected chi connectivity index (χ0v) is 13.6. The Balaban J connectivity index is 2.23. The van der Waals surface area contributed by atoms with Gasteiger partial charge < -0.3 is 14.6 Å². The molecule has 0 aliphatic carbocycles. The molecule has 23 heavy (non-hydrogen) atoms. The fraction of sp³-hybridized carbons (Fsp3) is 0.667. The van der Waals surface area contributed by atoms with Gasteiger partial charge in [0.25, 0.3) is 5.56 Å². The Morgan fingerprint density at radius 3 is 2.48 bits per heavy atom. The zero-order valence-electron chi connectivity index (χ0n) is 13.6. The van der Waals surface area contributed by atoms with Crippen LogP contribution in [0.4, 0.5) is 5.95 Å². The van der Waals surface area contributed by atoms with Gasteiger partial charge in [0.1, 0.15) is 0 Å². The molecule has 0 radical (unpaired) electrons. The normalized spacial score (nSPS) is 17.4. The number of hydrogen-bond acceptors (Lipinski definition) is 5. The highest BCUT2D eigenvalue weighted by molar-refractivity contribution is 5.74. The summed E-state index contributed by atoms with van der Waals surface area (Å²) in [7, 11) is 1.59. The van der Waals surface area contributed by atoms with Crippen molar-refractivity contribution in [3.8, 4) is 0 Å². The molecule has 1 aliphatic heterocycles. The summed E-state index contributed by atoms with van der Waals surface area (Å²) in [6.07, 6.45) is 3.91. The number of imidazole rings is 1. The highest BCUT2D eigenvalue weighted by Crippen LogP contribution is 2.23. The first-order valence-corrected chi connectivity index (χ1v) is 8.11. The molecule has 8 nitrogen and oxygen atoms in total. The van der Waals surface area contributed by atoms with Crippen molar-refractivity contribution in [3.05, 3.63) is 20.8 Å². The molecule has 0 bridgehead atoms. The Labute approximate surface area is 133 Å². The van der Waals surface area contributed by atoms with Gasteiger partial charge in [0, 0.05) is 20.1 Å². The Morgan fingerprint density at radius 2 is 1.87 bits per heavy atom. The quantitative estimate of drug-likeness (QED) is 0.841. The van der Waals surface area contributed by atoms with Crippen LogP contribution in [0.3, 0.4) is 0 Å². The molecule has 126 valence electrons. The van der Waals surface area contributed by atoms with Crippen LogP contribution in [-0.4, -0.2) is 43.4 Å². The van der Waals surface area contributed by atoms with Gasteiger partial charge in [-0.1, -0.05) is 12.8 Å². The molecule has 1 saturated heterocycles. The number of nitrogens with zero attached hydrogens (tertiary/aromatic N) is 4. The zero-order chi connectivity index (χ0) is 16.6. The Bertz CT molecular complexity index is 809. The van der Waals surface area contributed by atoms with Crippen molar-refractivity contribution in [2.75, 3.05) is 18.0 Å². The predicted octanol–water partition coefficient (Wildman–Crippen LogP) is 0.184. The van der Waals surface area contributed by atoms with E-state index < -0.39 is 17.4 Å². The lowest BCUT2D eigenvalue weighted by atomic mass is 10.2. The molecule has 3 heterocycles. The number of aryl methyl sites for hydroxylation is 1. The molecule has 2 aromatic rings. The number of nitrogens with one attached hydrogen (secondary N) is 1. The number of aliphatic hydroxyl groups is 1. The van der Waals surface area contributed by atoms with E-state index in [4.69, 9.17) is 0 Å². The molecule has 0 unspecified atom stereocenters. The van der Waals surface area contributed by atoms with Gasteiger partial charge in [-0.15, -0.1) is 0 Å². The van der Waals surface area contributed by atoms with Crippen LogP contribution in [0, 0.1) is 0 Å². The Kier molecular flexibility index (Phi) is 4.25. The summed E-state index contributed by atoms with van der Waals surface area (Å²) >= 11 is 0. The summed E-state index contributed by atoms with van der Waals surface area (Å²) in [6.45, 7) is 3.68. The lowest BCUT2D eigenvalue weighted by Crippen LogP contribution is -2.31. The highest BCUT2D eigenvalue weighted by Gasteiger charge is 2.22. The second kappa shape index (κ2) is 6.19. The van der Waals surface area contributed by atoms with Crippen LogP contribution in [-0.2, 0) is 13.6 Å². The molecular weight excluding hydrogens is 298 g/mol. The largest absolute Gasteiger partial charge is 0.392 e. The van der Waals surface area contributed by atoms with Gasteiger partial charge in [-0.05, 0) is 19.8 Å². The van der Waals surface area contributed by atoms with Crippen molar-refractivity contribution >= 4 is 17.1 Å². The maximum absolute atomic E-state index is 12.3. The van der Waals surface area contributed by atoms with Crippen molar-refractivity contribution < 1.29 is 5.11 Å². The van der Waals surface area contributed by atoms with Crippen molar-refractivity contribution in [3.63, 3.8) is 0 Å². The molecule has 8 heteroatoms. The first-order valence-electron chi connectivity index (χ1n) is 8.11. The van der Waals surface area contributed by atoms with Gasteiger partial charge >= 0.3 is 5.69 Å². The smallest absolute Gasteiger partial charge is 0.329 e. The Morgan fingerprint density at radius 1 is 1.22 bits per heavy atom. The van der Waals surface area contributed by atoms with E-state index in [2.05, 4.69) is 14.9 Å². The van der Waals surface area contributed by atoms with E-state index in [1.54, 1.807) is 18.5 Å². The minimum Gasteiger partial charge on any atom is -0.392 e. The van der Waals surface area contributed by atoms with Crippen LogP contribution >= 0.6 is 0 Å². The minimum absolute atomic E-state index is 0.267. The summed E-state index contributed by atoms with van der Waals surface area (Å²) in [4.78, 5) is 33.2. The van der Waals surface area contributed by atoms with Crippen LogP contribution in [0.5, 0.6) is 0 Å². The van der Waals surface area contributed by atoms with Gasteiger partial charge in [-0.25, -0.2) is 4.79 Å². The maximum atomic E-state index is 12.3. The van der Waals surface area contributed by atoms with Crippen LogP contribution in [0.15, 0.2) is 9.59 Å². The number of fused-ring (bicyclic) bond motifs is 1. The number of aliphatic hydroxyl groups excluding tert-OH is 1. The minimum atomic E-state index is -0.616. The number of aromatic nitrogens is 4. The third-order valence-electron chi connectivity index (χ3n) is 4.32. The van der Waals surface area contributed by atoms with Gasteiger partial charge in [-0.3, -0.25) is 14.3 Å². The third kappa shape index (κ3) is 2.90. The highest BCUT2D eigenvalue weighted by atomic mass is 16.3. The first-order chi connectivity index (χ1) is 11.0. The number of rotatable bonds is 3. The molecule has 1 aliphatic rings. The van der Waals surface area contributed by atoms with E-state index >= 15 is 0 Å². The summed E-state index contributed by atoms with van der Waals surface area (Å²) in [5.74, 6) is 0.662. The second-order valence-corrected chi connectivity index (χ2v) is 6.26. The monoisotopic (exact) mass is 321 g/mol. The number of H-pyrrole nitrogens is 1. The fourth-order valence-electron chi connectivity index (χ4n) is 3.17. The number of anilines is 1. The maximum Gasteiger partial charge on any atom is 0.329 e. The van der Waals surface area contributed by atoms with Gasteiger partial charge in [-0.2, -0.15) is 4.98 Å². The second-order valence-electron chi connectivity index (χ2n) is 6.26. The van der Waals surface area contributed by atoms with E-state index in [1.165, 1.54) is 17.4 Å². The standard InChI is InChI=1S/C15H23N5O3/c1-10(21)9-20-11-12(18(2)15(23)17-13(11)22)16-14(20)19-7-5-3-4-6-8-19/h10,21H,3-9H2,1-2H3,(H,17,22,23)/t10-/m0/s1. The van der Waals surface area contributed by atoms with E-state index in [0.29, 0.717) is 17.1 Å². The van der Waals surface area contributed by atoms with E-state index in [-0.39, 0.29) is 6.54 Å².